The Bertz CT molecular complexity index is 623. The normalized spacial score (nSPS) is 20.5. The molecular formula is C13H16FN5. The van der Waals surface area contributed by atoms with Gasteiger partial charge < -0.3 is 5.73 Å². The first-order chi connectivity index (χ1) is 8.90. The van der Waals surface area contributed by atoms with Crippen LogP contribution in [0, 0.1) is 18.2 Å². The van der Waals surface area contributed by atoms with E-state index < -0.39 is 0 Å². The van der Waals surface area contributed by atoms with Gasteiger partial charge in [-0.3, -0.25) is 0 Å². The maximum absolute atomic E-state index is 13.8. The molecule has 2 N–H and O–H groups in total. The number of nitrogens with zero attached hydrogens (tertiary/aromatic N) is 4. The molecule has 5 nitrogen and oxygen atoms in total. The van der Waals surface area contributed by atoms with Crippen molar-refractivity contribution < 1.29 is 4.39 Å². The Hall–Kier alpha value is -1.98. The Morgan fingerprint density at radius 2 is 2.11 bits per heavy atom. The fraction of sp³-hybridized carbons (Fsp3) is 0.462. The van der Waals surface area contributed by atoms with Gasteiger partial charge in [-0.15, -0.1) is 5.10 Å². The van der Waals surface area contributed by atoms with Crippen LogP contribution in [-0.2, 0) is 0 Å². The molecule has 1 aromatic carbocycles. The number of benzene rings is 1. The molecule has 1 atom stereocenters. The van der Waals surface area contributed by atoms with Crippen LogP contribution < -0.4 is 5.73 Å². The Morgan fingerprint density at radius 1 is 1.42 bits per heavy atom. The van der Waals surface area contributed by atoms with Crippen molar-refractivity contribution in [3.8, 4) is 11.4 Å². The molecule has 1 aromatic heterocycles. The summed E-state index contributed by atoms with van der Waals surface area (Å²) < 4.78 is 15.5. The number of anilines is 1. The van der Waals surface area contributed by atoms with Gasteiger partial charge in [0.05, 0.1) is 6.04 Å². The highest BCUT2D eigenvalue weighted by Gasteiger charge is 2.49. The minimum atomic E-state index is -0.334. The minimum absolute atomic E-state index is 0.193. The lowest BCUT2D eigenvalue weighted by atomic mass is 10.1. The van der Waals surface area contributed by atoms with Gasteiger partial charge in [0.15, 0.2) is 5.82 Å². The fourth-order valence-corrected chi connectivity index (χ4v) is 2.28. The molecule has 1 saturated carbocycles. The molecule has 100 valence electrons. The van der Waals surface area contributed by atoms with E-state index in [1.54, 1.807) is 17.7 Å². The second-order valence-electron chi connectivity index (χ2n) is 5.83. The number of aromatic nitrogens is 4. The highest BCUT2D eigenvalue weighted by Crippen LogP contribution is 2.55. The van der Waals surface area contributed by atoms with Crippen LogP contribution in [0.5, 0.6) is 0 Å². The first kappa shape index (κ1) is 12.1. The number of halogens is 1. The summed E-state index contributed by atoms with van der Waals surface area (Å²) in [7, 11) is 0. The van der Waals surface area contributed by atoms with Gasteiger partial charge in [0.1, 0.15) is 5.82 Å². The lowest BCUT2D eigenvalue weighted by Crippen LogP contribution is -2.05. The largest absolute Gasteiger partial charge is 0.398 e. The molecule has 0 radical (unpaired) electrons. The van der Waals surface area contributed by atoms with Crippen LogP contribution in [-0.4, -0.2) is 20.2 Å². The minimum Gasteiger partial charge on any atom is -0.398 e. The molecule has 1 unspecified atom stereocenters. The summed E-state index contributed by atoms with van der Waals surface area (Å²) in [6, 6.07) is 3.42. The number of nitrogens with two attached hydrogens (primary N) is 1. The monoisotopic (exact) mass is 261 g/mol. The van der Waals surface area contributed by atoms with E-state index in [0.29, 0.717) is 22.6 Å². The first-order valence-electron chi connectivity index (χ1n) is 6.24. The van der Waals surface area contributed by atoms with Gasteiger partial charge in [0.25, 0.3) is 0 Å². The average molecular weight is 261 g/mol. The quantitative estimate of drug-likeness (QED) is 0.842. The average Bonchev–Trinajstić information content (AvgIpc) is 2.77. The molecule has 2 aromatic rings. The number of tetrazole rings is 1. The van der Waals surface area contributed by atoms with E-state index in [9.17, 15) is 4.39 Å². The van der Waals surface area contributed by atoms with Crippen molar-refractivity contribution in [3.63, 3.8) is 0 Å². The third kappa shape index (κ3) is 1.87. The zero-order chi connectivity index (χ0) is 13.8. The second kappa shape index (κ2) is 3.76. The second-order valence-corrected chi connectivity index (χ2v) is 5.83. The van der Waals surface area contributed by atoms with Crippen molar-refractivity contribution in [2.45, 2.75) is 33.2 Å². The molecule has 1 heterocycles. The first-order valence-corrected chi connectivity index (χ1v) is 6.24. The zero-order valence-corrected chi connectivity index (χ0v) is 11.2. The summed E-state index contributed by atoms with van der Waals surface area (Å²) in [6.45, 7) is 5.97. The molecule has 1 aliphatic carbocycles. The predicted molar refractivity (Wildman–Crippen MR) is 69.8 cm³/mol. The molecule has 0 aliphatic heterocycles. The maximum Gasteiger partial charge on any atom is 0.182 e. The summed E-state index contributed by atoms with van der Waals surface area (Å²) in [5.41, 5.74) is 7.49. The number of nitrogen functional groups attached to an aromatic ring is 1. The van der Waals surface area contributed by atoms with Crippen LogP contribution in [0.1, 0.15) is 31.9 Å². The van der Waals surface area contributed by atoms with Crippen LogP contribution in [0.3, 0.4) is 0 Å². The molecule has 0 bridgehead atoms. The van der Waals surface area contributed by atoms with Crippen molar-refractivity contribution in [3.05, 3.63) is 23.5 Å². The summed E-state index contributed by atoms with van der Waals surface area (Å²) in [6.07, 6.45) is 1.02. The molecular weight excluding hydrogens is 245 g/mol. The fourth-order valence-electron chi connectivity index (χ4n) is 2.28. The number of hydrogen-bond donors (Lipinski definition) is 1. The molecule has 0 amide bonds. The van der Waals surface area contributed by atoms with Crippen molar-refractivity contribution in [1.82, 2.24) is 20.2 Å². The van der Waals surface area contributed by atoms with Gasteiger partial charge in [-0.05, 0) is 41.3 Å². The molecule has 0 spiro atoms. The third-order valence-corrected chi connectivity index (χ3v) is 3.89. The summed E-state index contributed by atoms with van der Waals surface area (Å²) in [4.78, 5) is 0. The highest BCUT2D eigenvalue weighted by atomic mass is 19.1. The SMILES string of the molecule is Cc1c(N)cc(-c2nnnn2C2CC2(C)C)cc1F. The maximum atomic E-state index is 13.8. The van der Waals surface area contributed by atoms with Crippen molar-refractivity contribution in [1.29, 1.82) is 0 Å². The van der Waals surface area contributed by atoms with E-state index >= 15 is 0 Å². The summed E-state index contributed by atoms with van der Waals surface area (Å²) in [5, 5.41) is 11.7. The van der Waals surface area contributed by atoms with Crippen LogP contribution in [0.4, 0.5) is 10.1 Å². The zero-order valence-electron chi connectivity index (χ0n) is 11.2. The topological polar surface area (TPSA) is 69.6 Å². The summed E-state index contributed by atoms with van der Waals surface area (Å²) in [5.74, 6) is 0.237. The third-order valence-electron chi connectivity index (χ3n) is 3.89. The van der Waals surface area contributed by atoms with Crippen LogP contribution in [0.25, 0.3) is 11.4 Å². The van der Waals surface area contributed by atoms with Crippen LogP contribution >= 0.6 is 0 Å². The van der Waals surface area contributed by atoms with Gasteiger partial charge in [-0.1, -0.05) is 13.8 Å². The lowest BCUT2D eigenvalue weighted by molar-refractivity contribution is 0.497. The smallest absolute Gasteiger partial charge is 0.182 e. The van der Waals surface area contributed by atoms with Crippen LogP contribution in [0.15, 0.2) is 12.1 Å². The van der Waals surface area contributed by atoms with Crippen molar-refractivity contribution in [2.75, 3.05) is 5.73 Å². The Morgan fingerprint density at radius 3 is 2.68 bits per heavy atom. The molecule has 1 fully saturated rings. The summed E-state index contributed by atoms with van der Waals surface area (Å²) >= 11 is 0. The van der Waals surface area contributed by atoms with Crippen molar-refractivity contribution >= 4 is 5.69 Å². The standard InChI is InChI=1S/C13H16FN5/c1-7-9(14)4-8(5-10(7)15)12-16-17-18-19(12)11-6-13(11,2)3/h4-5,11H,6,15H2,1-3H3. The lowest BCUT2D eigenvalue weighted by Gasteiger charge is -2.08. The van der Waals surface area contributed by atoms with Gasteiger partial charge in [0, 0.05) is 16.8 Å². The molecule has 1 aliphatic rings. The Kier molecular flexibility index (Phi) is 2.39. The predicted octanol–water partition coefficient (Wildman–Crippen LogP) is 2.34. The molecule has 19 heavy (non-hydrogen) atoms. The van der Waals surface area contributed by atoms with Gasteiger partial charge >= 0.3 is 0 Å². The highest BCUT2D eigenvalue weighted by molar-refractivity contribution is 5.64. The number of rotatable bonds is 2. The van der Waals surface area contributed by atoms with E-state index in [2.05, 4.69) is 29.4 Å². The molecule has 6 heteroatoms. The van der Waals surface area contributed by atoms with E-state index in [4.69, 9.17) is 5.73 Å². The van der Waals surface area contributed by atoms with Gasteiger partial charge in [0.2, 0.25) is 0 Å². The number of hydrogen-bond acceptors (Lipinski definition) is 4. The van der Waals surface area contributed by atoms with Gasteiger partial charge in [-0.25, -0.2) is 9.07 Å². The van der Waals surface area contributed by atoms with E-state index in [0.717, 1.165) is 6.42 Å². The molecule has 0 saturated heterocycles. The van der Waals surface area contributed by atoms with Gasteiger partial charge in [-0.2, -0.15) is 0 Å². The van der Waals surface area contributed by atoms with E-state index in [1.807, 2.05) is 0 Å². The van der Waals surface area contributed by atoms with E-state index in [1.165, 1.54) is 6.07 Å². The Balaban J connectivity index is 2.07. The van der Waals surface area contributed by atoms with Crippen LogP contribution in [0.2, 0.25) is 0 Å². The Labute approximate surface area is 110 Å². The van der Waals surface area contributed by atoms with Crippen molar-refractivity contribution in [2.24, 2.45) is 5.41 Å². The van der Waals surface area contributed by atoms with E-state index in [-0.39, 0.29) is 17.3 Å². The molecule has 3 rings (SSSR count).